The molecule has 0 saturated carbocycles. The van der Waals surface area contributed by atoms with Gasteiger partial charge in [-0.25, -0.2) is 4.79 Å². The first-order chi connectivity index (χ1) is 14.2. The number of hydrogen-bond donors (Lipinski definition) is 0. The van der Waals surface area contributed by atoms with Gasteiger partial charge in [-0.15, -0.1) is 0 Å². The van der Waals surface area contributed by atoms with Crippen molar-refractivity contribution in [2.45, 2.75) is 6.61 Å². The number of nitrogens with zero attached hydrogens (tertiary/aromatic N) is 2. The summed E-state index contributed by atoms with van der Waals surface area (Å²) in [5, 5.41) is 0.972. The van der Waals surface area contributed by atoms with Crippen LogP contribution in [0, 0.1) is 0 Å². The molecule has 0 bridgehead atoms. The number of carbonyl (C=O) groups excluding carboxylic acids is 3. The maximum absolute atomic E-state index is 12.3. The van der Waals surface area contributed by atoms with Crippen LogP contribution in [0.25, 0.3) is 6.08 Å². The van der Waals surface area contributed by atoms with E-state index in [1.807, 2.05) is 0 Å². The van der Waals surface area contributed by atoms with Crippen molar-refractivity contribution in [3.05, 3.63) is 63.1 Å². The Morgan fingerprint density at radius 2 is 1.53 bits per heavy atom. The molecule has 0 unspecified atom stereocenters. The predicted molar refractivity (Wildman–Crippen MR) is 113 cm³/mol. The number of imide groups is 2. The van der Waals surface area contributed by atoms with Crippen LogP contribution in [0.1, 0.15) is 11.1 Å². The molecule has 30 heavy (non-hydrogen) atoms. The van der Waals surface area contributed by atoms with Crippen LogP contribution in [-0.4, -0.2) is 48.9 Å². The van der Waals surface area contributed by atoms with E-state index in [0.717, 1.165) is 9.80 Å². The Hall–Kier alpha value is -3.03. The lowest BCUT2D eigenvalue weighted by molar-refractivity contribution is -0.134. The van der Waals surface area contributed by atoms with Crippen LogP contribution in [0.4, 0.5) is 4.79 Å². The normalized spacial score (nSPS) is 14.3. The Balaban J connectivity index is 1.87. The molecule has 1 aliphatic rings. The van der Waals surface area contributed by atoms with Gasteiger partial charge in [0.1, 0.15) is 12.2 Å². The number of rotatable bonds is 5. The smallest absolute Gasteiger partial charge is 0.333 e. The number of carbonyl (C=O) groups is 3. The molecule has 1 heterocycles. The fraction of sp³-hybridized carbons (Fsp3) is 0.190. The van der Waals surface area contributed by atoms with Gasteiger partial charge < -0.3 is 9.47 Å². The van der Waals surface area contributed by atoms with E-state index in [0.29, 0.717) is 32.7 Å². The molecule has 3 rings (SSSR count). The van der Waals surface area contributed by atoms with Gasteiger partial charge in [-0.1, -0.05) is 35.3 Å². The molecule has 1 aliphatic heterocycles. The van der Waals surface area contributed by atoms with Crippen molar-refractivity contribution in [2.24, 2.45) is 0 Å². The highest BCUT2D eigenvalue weighted by atomic mass is 35.5. The highest BCUT2D eigenvalue weighted by Gasteiger charge is 2.37. The molecule has 0 spiro atoms. The lowest BCUT2D eigenvalue weighted by Gasteiger charge is -2.28. The fourth-order valence-corrected chi connectivity index (χ4v) is 3.36. The summed E-state index contributed by atoms with van der Waals surface area (Å²) in [7, 11) is 4.11. The maximum atomic E-state index is 12.3. The van der Waals surface area contributed by atoms with Gasteiger partial charge in [0.15, 0.2) is 11.5 Å². The minimum Gasteiger partial charge on any atom is -0.493 e. The molecular weight excluding hydrogens is 431 g/mol. The number of halogens is 2. The maximum Gasteiger partial charge on any atom is 0.333 e. The fourth-order valence-electron chi connectivity index (χ4n) is 2.86. The van der Waals surface area contributed by atoms with Gasteiger partial charge in [0, 0.05) is 29.7 Å². The van der Waals surface area contributed by atoms with Crippen molar-refractivity contribution in [3.8, 4) is 11.5 Å². The van der Waals surface area contributed by atoms with E-state index in [9.17, 15) is 14.4 Å². The second-order valence-electron chi connectivity index (χ2n) is 6.47. The molecule has 0 aromatic heterocycles. The van der Waals surface area contributed by atoms with Crippen LogP contribution in [0.3, 0.4) is 0 Å². The average Bonchev–Trinajstić information content (AvgIpc) is 2.74. The summed E-state index contributed by atoms with van der Waals surface area (Å²) in [5.41, 5.74) is 1.05. The van der Waals surface area contributed by atoms with Crippen LogP contribution in [0.2, 0.25) is 10.0 Å². The van der Waals surface area contributed by atoms with Crippen molar-refractivity contribution in [2.75, 3.05) is 21.2 Å². The second-order valence-corrected chi connectivity index (χ2v) is 7.28. The number of ether oxygens (including phenoxy) is 2. The Kier molecular flexibility index (Phi) is 6.34. The number of urea groups is 1. The van der Waals surface area contributed by atoms with Gasteiger partial charge in [-0.3, -0.25) is 19.4 Å². The molecule has 0 aliphatic carbocycles. The van der Waals surface area contributed by atoms with Crippen LogP contribution >= 0.6 is 23.2 Å². The van der Waals surface area contributed by atoms with Crippen LogP contribution in [-0.2, 0) is 16.2 Å². The van der Waals surface area contributed by atoms with Crippen molar-refractivity contribution >= 4 is 47.1 Å². The number of hydrogen-bond acceptors (Lipinski definition) is 5. The third-order valence-corrected chi connectivity index (χ3v) is 5.28. The number of methoxy groups -OCH3 is 1. The van der Waals surface area contributed by atoms with E-state index in [-0.39, 0.29) is 12.2 Å². The van der Waals surface area contributed by atoms with E-state index in [1.165, 1.54) is 27.3 Å². The monoisotopic (exact) mass is 448 g/mol. The number of amides is 4. The van der Waals surface area contributed by atoms with E-state index in [2.05, 4.69) is 0 Å². The first kappa shape index (κ1) is 21.7. The largest absolute Gasteiger partial charge is 0.493 e. The molecule has 1 saturated heterocycles. The zero-order valence-corrected chi connectivity index (χ0v) is 18.0. The third kappa shape index (κ3) is 4.13. The lowest BCUT2D eigenvalue weighted by Crippen LogP contribution is -2.52. The molecule has 0 radical (unpaired) electrons. The van der Waals surface area contributed by atoms with Gasteiger partial charge >= 0.3 is 6.03 Å². The molecule has 9 heteroatoms. The zero-order valence-electron chi connectivity index (χ0n) is 16.4. The average molecular weight is 449 g/mol. The molecular formula is C21H18Cl2N2O5. The van der Waals surface area contributed by atoms with Gasteiger partial charge in [0.2, 0.25) is 0 Å². The highest BCUT2D eigenvalue weighted by molar-refractivity contribution is 6.36. The molecule has 1 fully saturated rings. The van der Waals surface area contributed by atoms with Gasteiger partial charge in [-0.2, -0.15) is 0 Å². The molecule has 2 aromatic carbocycles. The standard InChI is InChI=1S/C21H18Cl2N2O5/c1-24-19(26)13(20(27)25(2)21(24)28)9-12-7-8-17(18(10-12)29-3)30-11-14-15(22)5-4-6-16(14)23/h4-10H,11H2,1-3H3. The lowest BCUT2D eigenvalue weighted by atomic mass is 10.1. The number of likely N-dealkylation sites (N-methyl/N-ethyl adjacent to an activating group) is 2. The second kappa shape index (κ2) is 8.77. The molecule has 2 aromatic rings. The van der Waals surface area contributed by atoms with E-state index < -0.39 is 17.8 Å². The summed E-state index contributed by atoms with van der Waals surface area (Å²) in [6.45, 7) is 0.129. The van der Waals surface area contributed by atoms with E-state index in [4.69, 9.17) is 32.7 Å². The third-order valence-electron chi connectivity index (χ3n) is 4.58. The quantitative estimate of drug-likeness (QED) is 0.509. The Bertz CT molecular complexity index is 1020. The van der Waals surface area contributed by atoms with E-state index in [1.54, 1.807) is 36.4 Å². The first-order valence-corrected chi connectivity index (χ1v) is 9.55. The zero-order chi connectivity index (χ0) is 22.0. The number of benzene rings is 2. The van der Waals surface area contributed by atoms with Crippen LogP contribution in [0.5, 0.6) is 11.5 Å². The molecule has 0 N–H and O–H groups in total. The summed E-state index contributed by atoms with van der Waals surface area (Å²) in [6, 6.07) is 9.43. The van der Waals surface area contributed by atoms with Crippen molar-refractivity contribution < 1.29 is 23.9 Å². The molecule has 156 valence electrons. The first-order valence-electron chi connectivity index (χ1n) is 8.80. The minimum absolute atomic E-state index is 0.127. The summed E-state index contributed by atoms with van der Waals surface area (Å²) < 4.78 is 11.2. The van der Waals surface area contributed by atoms with Gasteiger partial charge in [0.05, 0.1) is 7.11 Å². The van der Waals surface area contributed by atoms with E-state index >= 15 is 0 Å². The number of barbiturate groups is 1. The van der Waals surface area contributed by atoms with Crippen molar-refractivity contribution in [1.29, 1.82) is 0 Å². The summed E-state index contributed by atoms with van der Waals surface area (Å²) in [6.07, 6.45) is 1.40. The predicted octanol–water partition coefficient (Wildman–Crippen LogP) is 4.01. The molecule has 0 atom stereocenters. The Labute approximate surface area is 183 Å². The van der Waals surface area contributed by atoms with Crippen LogP contribution in [0.15, 0.2) is 42.0 Å². The van der Waals surface area contributed by atoms with Crippen LogP contribution < -0.4 is 9.47 Å². The molecule has 7 nitrogen and oxygen atoms in total. The Morgan fingerprint density at radius 1 is 0.933 bits per heavy atom. The topological polar surface area (TPSA) is 76.2 Å². The van der Waals surface area contributed by atoms with Crippen molar-refractivity contribution in [3.63, 3.8) is 0 Å². The summed E-state index contributed by atoms with van der Waals surface area (Å²) in [4.78, 5) is 38.3. The highest BCUT2D eigenvalue weighted by Crippen LogP contribution is 2.32. The summed E-state index contributed by atoms with van der Waals surface area (Å²) in [5.74, 6) is -0.520. The molecule has 4 amide bonds. The van der Waals surface area contributed by atoms with Crippen molar-refractivity contribution in [1.82, 2.24) is 9.80 Å². The van der Waals surface area contributed by atoms with Gasteiger partial charge in [-0.05, 0) is 35.9 Å². The Morgan fingerprint density at radius 3 is 2.10 bits per heavy atom. The van der Waals surface area contributed by atoms with Gasteiger partial charge in [0.25, 0.3) is 11.8 Å². The minimum atomic E-state index is -0.679. The SMILES string of the molecule is COc1cc(C=C2C(=O)N(C)C(=O)N(C)C2=O)ccc1OCc1c(Cl)cccc1Cl. The summed E-state index contributed by atoms with van der Waals surface area (Å²) >= 11 is 12.3.